The molecule has 2 bridgehead atoms. The molecule has 1 N–H and O–H groups in total. The van der Waals surface area contributed by atoms with E-state index in [9.17, 15) is 0 Å². The predicted molar refractivity (Wildman–Crippen MR) is 37.0 cm³/mol. The second-order valence-electron chi connectivity index (χ2n) is 3.09. The Labute approximate surface area is 56.8 Å². The van der Waals surface area contributed by atoms with Crippen LogP contribution in [0.1, 0.15) is 32.1 Å². The maximum Gasteiger partial charge on any atom is 0.0138 e. The monoisotopic (exact) mass is 123 g/mol. The molecule has 1 nitrogen and oxygen atoms in total. The SMILES string of the molecule is [C]1CCC2CCCC1N2. The second kappa shape index (κ2) is 2.30. The Balaban J connectivity index is 1.96. The standard InChI is InChI=1S/C8H13N/c1-3-7-5-2-6-8(4-1)9-7/h7-9H,1-5H2. The van der Waals surface area contributed by atoms with Crippen molar-refractivity contribution < 1.29 is 0 Å². The van der Waals surface area contributed by atoms with Crippen molar-refractivity contribution in [2.24, 2.45) is 0 Å². The molecule has 0 spiro atoms. The minimum Gasteiger partial charge on any atom is -0.311 e. The molecule has 0 aromatic rings. The van der Waals surface area contributed by atoms with E-state index in [0.717, 1.165) is 6.04 Å². The van der Waals surface area contributed by atoms with Crippen LogP contribution in [0.15, 0.2) is 0 Å². The molecule has 2 heterocycles. The zero-order valence-corrected chi connectivity index (χ0v) is 5.69. The number of rotatable bonds is 0. The summed E-state index contributed by atoms with van der Waals surface area (Å²) in [5.74, 6) is 0. The molecule has 2 aliphatic rings. The molecule has 0 aliphatic carbocycles. The van der Waals surface area contributed by atoms with Gasteiger partial charge in [-0.25, -0.2) is 0 Å². The lowest BCUT2D eigenvalue weighted by Crippen LogP contribution is -2.45. The van der Waals surface area contributed by atoms with Crippen molar-refractivity contribution in [1.29, 1.82) is 0 Å². The van der Waals surface area contributed by atoms with Crippen LogP contribution in [0.3, 0.4) is 0 Å². The number of hydrogen-bond acceptors (Lipinski definition) is 1. The molecule has 2 unspecified atom stereocenters. The smallest absolute Gasteiger partial charge is 0.0138 e. The number of fused-ring (bicyclic) bond motifs is 2. The van der Waals surface area contributed by atoms with E-state index < -0.39 is 0 Å². The van der Waals surface area contributed by atoms with Crippen LogP contribution < -0.4 is 5.32 Å². The van der Waals surface area contributed by atoms with Gasteiger partial charge in [0.05, 0.1) is 0 Å². The molecule has 9 heavy (non-hydrogen) atoms. The molecule has 2 aliphatic heterocycles. The third kappa shape index (κ3) is 1.11. The van der Waals surface area contributed by atoms with Gasteiger partial charge in [0.2, 0.25) is 0 Å². The summed E-state index contributed by atoms with van der Waals surface area (Å²) in [5, 5.41) is 3.54. The first kappa shape index (κ1) is 5.72. The van der Waals surface area contributed by atoms with Crippen molar-refractivity contribution >= 4 is 0 Å². The lowest BCUT2D eigenvalue weighted by atomic mass is 9.87. The maximum absolute atomic E-state index is 3.54. The van der Waals surface area contributed by atoms with E-state index in [1.54, 1.807) is 0 Å². The van der Waals surface area contributed by atoms with Gasteiger partial charge in [0.1, 0.15) is 0 Å². The van der Waals surface area contributed by atoms with Crippen molar-refractivity contribution in [3.63, 3.8) is 0 Å². The fourth-order valence-corrected chi connectivity index (χ4v) is 1.84. The van der Waals surface area contributed by atoms with Gasteiger partial charge >= 0.3 is 0 Å². The van der Waals surface area contributed by atoms with Crippen LogP contribution in [0.25, 0.3) is 0 Å². The summed E-state index contributed by atoms with van der Waals surface area (Å²) >= 11 is 0. The lowest BCUT2D eigenvalue weighted by molar-refractivity contribution is 0.290. The second-order valence-corrected chi connectivity index (χ2v) is 3.09. The van der Waals surface area contributed by atoms with Crippen LogP contribution in [0.4, 0.5) is 0 Å². The lowest BCUT2D eigenvalue weighted by Gasteiger charge is -2.35. The van der Waals surface area contributed by atoms with Gasteiger partial charge in [-0.05, 0) is 25.7 Å². The average Bonchev–Trinajstić information content (AvgIpc) is 1.88. The van der Waals surface area contributed by atoms with E-state index in [-0.39, 0.29) is 0 Å². The van der Waals surface area contributed by atoms with Crippen molar-refractivity contribution in [3.8, 4) is 0 Å². The van der Waals surface area contributed by atoms with Gasteiger partial charge in [-0.15, -0.1) is 0 Å². The van der Waals surface area contributed by atoms with Crippen LogP contribution in [-0.4, -0.2) is 12.1 Å². The summed E-state index contributed by atoms with van der Waals surface area (Å²) in [7, 11) is 0. The molecule has 2 radical (unpaired) electrons. The summed E-state index contributed by atoms with van der Waals surface area (Å²) in [5.41, 5.74) is 0. The Morgan fingerprint density at radius 1 is 1.22 bits per heavy atom. The summed E-state index contributed by atoms with van der Waals surface area (Å²) < 4.78 is 0. The highest BCUT2D eigenvalue weighted by molar-refractivity contribution is 4.94. The average molecular weight is 123 g/mol. The normalized spacial score (nSPS) is 42.7. The highest BCUT2D eigenvalue weighted by atomic mass is 15.0. The highest BCUT2D eigenvalue weighted by Crippen LogP contribution is 2.23. The maximum atomic E-state index is 3.54. The third-order valence-electron chi connectivity index (χ3n) is 2.37. The van der Waals surface area contributed by atoms with Crippen molar-refractivity contribution in [2.75, 3.05) is 0 Å². The Kier molecular flexibility index (Phi) is 1.46. The third-order valence-corrected chi connectivity index (χ3v) is 2.37. The molecule has 2 rings (SSSR count). The first-order chi connectivity index (χ1) is 4.45. The molecule has 0 aromatic heterocycles. The van der Waals surface area contributed by atoms with E-state index >= 15 is 0 Å². The van der Waals surface area contributed by atoms with Gasteiger partial charge < -0.3 is 5.32 Å². The molecular weight excluding hydrogens is 110 g/mol. The quantitative estimate of drug-likeness (QED) is 0.513. The largest absolute Gasteiger partial charge is 0.311 e. The Morgan fingerprint density at radius 3 is 3.00 bits per heavy atom. The summed E-state index contributed by atoms with van der Waals surface area (Å²) in [6.07, 6.45) is 10.1. The Morgan fingerprint density at radius 2 is 2.22 bits per heavy atom. The molecule has 1 heteroatoms. The Hall–Kier alpha value is -0.0400. The van der Waals surface area contributed by atoms with Gasteiger partial charge in [-0.2, -0.15) is 0 Å². The van der Waals surface area contributed by atoms with Gasteiger partial charge in [-0.3, -0.25) is 0 Å². The van der Waals surface area contributed by atoms with Crippen molar-refractivity contribution in [3.05, 3.63) is 6.42 Å². The van der Waals surface area contributed by atoms with Crippen LogP contribution in [-0.2, 0) is 0 Å². The fraction of sp³-hybridized carbons (Fsp3) is 0.875. The predicted octanol–water partition coefficient (Wildman–Crippen LogP) is 1.37. The zero-order chi connectivity index (χ0) is 6.10. The minimum absolute atomic E-state index is 0.650. The van der Waals surface area contributed by atoms with E-state index in [1.807, 2.05) is 0 Å². The van der Waals surface area contributed by atoms with Crippen molar-refractivity contribution in [1.82, 2.24) is 5.32 Å². The fourth-order valence-electron chi connectivity index (χ4n) is 1.84. The number of piperidine rings is 2. The van der Waals surface area contributed by atoms with E-state index in [0.29, 0.717) is 6.04 Å². The minimum atomic E-state index is 0.650. The Bertz CT molecular complexity index is 80.7. The molecule has 0 amide bonds. The summed E-state index contributed by atoms with van der Waals surface area (Å²) in [6, 6.07) is 1.49. The molecule has 0 saturated carbocycles. The number of hydrogen-bond donors (Lipinski definition) is 1. The van der Waals surface area contributed by atoms with E-state index in [1.165, 1.54) is 32.1 Å². The van der Waals surface area contributed by atoms with Crippen molar-refractivity contribution in [2.45, 2.75) is 44.2 Å². The first-order valence-corrected chi connectivity index (χ1v) is 3.94. The molecule has 2 fully saturated rings. The zero-order valence-electron chi connectivity index (χ0n) is 5.69. The molecule has 50 valence electrons. The number of nitrogens with one attached hydrogen (secondary N) is 1. The van der Waals surface area contributed by atoms with E-state index in [4.69, 9.17) is 0 Å². The molecule has 2 atom stereocenters. The topological polar surface area (TPSA) is 12.0 Å². The van der Waals surface area contributed by atoms with Gasteiger partial charge in [0, 0.05) is 18.5 Å². The van der Waals surface area contributed by atoms with E-state index in [2.05, 4.69) is 11.7 Å². The first-order valence-electron chi connectivity index (χ1n) is 3.94. The van der Waals surface area contributed by atoms with Gasteiger partial charge in [0.15, 0.2) is 0 Å². The summed E-state index contributed by atoms with van der Waals surface area (Å²) in [4.78, 5) is 0. The summed E-state index contributed by atoms with van der Waals surface area (Å²) in [6.45, 7) is 0. The van der Waals surface area contributed by atoms with Gasteiger partial charge in [0.25, 0.3) is 0 Å². The van der Waals surface area contributed by atoms with Crippen LogP contribution >= 0.6 is 0 Å². The molecular formula is C8H13N. The molecule has 0 aromatic carbocycles. The molecule has 2 saturated heterocycles. The van der Waals surface area contributed by atoms with Crippen LogP contribution in [0, 0.1) is 6.42 Å². The van der Waals surface area contributed by atoms with Crippen LogP contribution in [0.2, 0.25) is 0 Å². The van der Waals surface area contributed by atoms with Gasteiger partial charge in [-0.1, -0.05) is 6.42 Å². The van der Waals surface area contributed by atoms with Crippen LogP contribution in [0.5, 0.6) is 0 Å². The highest BCUT2D eigenvalue weighted by Gasteiger charge is 2.24.